The van der Waals surface area contributed by atoms with Gasteiger partial charge in [0, 0.05) is 17.8 Å². The summed E-state index contributed by atoms with van der Waals surface area (Å²) in [6.45, 7) is -3.21. The molecule has 2 aromatic heterocycles. The number of nitrogens with zero attached hydrogens (tertiary/aromatic N) is 2. The molecule has 0 spiro atoms. The normalized spacial score (nSPS) is 22.3. The van der Waals surface area contributed by atoms with E-state index in [2.05, 4.69) is 15.0 Å². The van der Waals surface area contributed by atoms with Gasteiger partial charge >= 0.3 is 6.61 Å². The standard InChI is InChI=1S/C22H21F4N3O4/c1-31-16-4-11(5-17(33-21(24)25)19(16)20(30)28-14-7-13(14)23)15-8-27-18-6-12(2-3-29(15)18)22(26)9-32-10-22/h2-6,8,13-14,20-21,28,30H,7,9-10H2,1H3/t13-,14+,20?/m0/s1. The number of ether oxygens (including phenoxy) is 3. The van der Waals surface area contributed by atoms with Crippen molar-refractivity contribution in [3.8, 4) is 22.8 Å². The molecule has 5 rings (SSSR count). The highest BCUT2D eigenvalue weighted by Gasteiger charge is 2.41. The minimum absolute atomic E-state index is 0.0237. The number of hydrogen-bond acceptors (Lipinski definition) is 6. The highest BCUT2D eigenvalue weighted by Crippen LogP contribution is 2.41. The number of nitrogens with one attached hydrogen (secondary N) is 1. The number of hydrogen-bond donors (Lipinski definition) is 2. The largest absolute Gasteiger partial charge is 0.496 e. The van der Waals surface area contributed by atoms with Gasteiger partial charge in [-0.2, -0.15) is 8.78 Å². The molecule has 1 aliphatic carbocycles. The summed E-state index contributed by atoms with van der Waals surface area (Å²) in [5.41, 5.74) is 0.187. The van der Waals surface area contributed by atoms with Crippen molar-refractivity contribution in [2.24, 2.45) is 0 Å². The van der Waals surface area contributed by atoms with Gasteiger partial charge in [0.05, 0.1) is 37.8 Å². The lowest BCUT2D eigenvalue weighted by molar-refractivity contribution is -0.135. The zero-order valence-corrected chi connectivity index (χ0v) is 17.5. The Morgan fingerprint density at radius 2 is 2.00 bits per heavy atom. The average Bonchev–Trinajstić information content (AvgIpc) is 3.28. The molecule has 1 aromatic carbocycles. The average molecular weight is 467 g/mol. The Morgan fingerprint density at radius 1 is 1.27 bits per heavy atom. The van der Waals surface area contributed by atoms with Gasteiger partial charge in [0.15, 0.2) is 5.67 Å². The van der Waals surface area contributed by atoms with E-state index in [0.717, 1.165) is 0 Å². The molecule has 3 aromatic rings. The Labute approximate surface area is 185 Å². The van der Waals surface area contributed by atoms with Crippen molar-refractivity contribution in [1.82, 2.24) is 14.7 Å². The second-order valence-electron chi connectivity index (χ2n) is 8.14. The van der Waals surface area contributed by atoms with Crippen LogP contribution in [-0.2, 0) is 10.4 Å². The van der Waals surface area contributed by atoms with Crippen LogP contribution in [-0.4, -0.2) is 53.6 Å². The van der Waals surface area contributed by atoms with E-state index in [1.165, 1.54) is 25.4 Å². The minimum atomic E-state index is -3.17. The van der Waals surface area contributed by atoms with Gasteiger partial charge in [0.1, 0.15) is 29.5 Å². The number of alkyl halides is 4. The Bertz CT molecular complexity index is 1180. The number of aliphatic hydroxyl groups is 1. The van der Waals surface area contributed by atoms with Crippen LogP contribution in [0.5, 0.6) is 11.5 Å². The molecule has 176 valence electrons. The highest BCUT2D eigenvalue weighted by atomic mass is 19.3. The van der Waals surface area contributed by atoms with Crippen molar-refractivity contribution >= 4 is 5.65 Å². The number of aromatic nitrogens is 2. The molecule has 11 heteroatoms. The van der Waals surface area contributed by atoms with Gasteiger partial charge in [0.25, 0.3) is 0 Å². The molecule has 0 amide bonds. The first-order valence-corrected chi connectivity index (χ1v) is 10.3. The van der Waals surface area contributed by atoms with Crippen LogP contribution in [0.25, 0.3) is 16.9 Å². The molecule has 33 heavy (non-hydrogen) atoms. The highest BCUT2D eigenvalue weighted by molar-refractivity contribution is 5.69. The molecule has 7 nitrogen and oxygen atoms in total. The maximum absolute atomic E-state index is 14.7. The van der Waals surface area contributed by atoms with Crippen LogP contribution in [0.3, 0.4) is 0 Å². The van der Waals surface area contributed by atoms with Crippen LogP contribution in [0.1, 0.15) is 23.8 Å². The summed E-state index contributed by atoms with van der Waals surface area (Å²) in [7, 11) is 1.32. The first-order chi connectivity index (χ1) is 15.8. The molecular weight excluding hydrogens is 446 g/mol. The number of benzene rings is 1. The molecule has 1 saturated carbocycles. The predicted molar refractivity (Wildman–Crippen MR) is 109 cm³/mol. The monoisotopic (exact) mass is 467 g/mol. The van der Waals surface area contributed by atoms with E-state index in [0.29, 0.717) is 22.5 Å². The van der Waals surface area contributed by atoms with E-state index in [1.807, 2.05) is 0 Å². The quantitative estimate of drug-likeness (QED) is 0.390. The van der Waals surface area contributed by atoms with Gasteiger partial charge in [-0.05, 0) is 36.2 Å². The smallest absolute Gasteiger partial charge is 0.387 e. The van der Waals surface area contributed by atoms with Crippen LogP contribution in [0.15, 0.2) is 36.7 Å². The minimum Gasteiger partial charge on any atom is -0.496 e. The van der Waals surface area contributed by atoms with Crippen LogP contribution >= 0.6 is 0 Å². The van der Waals surface area contributed by atoms with Crippen molar-refractivity contribution < 1.29 is 36.9 Å². The number of methoxy groups -OCH3 is 1. The number of aliphatic hydroxyl groups excluding tert-OH is 1. The Kier molecular flexibility index (Phi) is 5.42. The van der Waals surface area contributed by atoms with E-state index in [9.17, 15) is 22.7 Å². The fourth-order valence-corrected chi connectivity index (χ4v) is 3.92. The molecule has 1 aliphatic heterocycles. The lowest BCUT2D eigenvalue weighted by Crippen LogP contribution is -2.42. The number of pyridine rings is 1. The molecule has 1 unspecified atom stereocenters. The van der Waals surface area contributed by atoms with Gasteiger partial charge in [-0.1, -0.05) is 0 Å². The van der Waals surface area contributed by atoms with E-state index >= 15 is 0 Å². The first kappa shape index (κ1) is 21.9. The Hall–Kier alpha value is -2.89. The van der Waals surface area contributed by atoms with Gasteiger partial charge in [-0.15, -0.1) is 0 Å². The summed E-state index contributed by atoms with van der Waals surface area (Å²) >= 11 is 0. The van der Waals surface area contributed by atoms with Crippen LogP contribution in [0.4, 0.5) is 17.6 Å². The number of fused-ring (bicyclic) bond motifs is 1. The molecule has 3 atom stereocenters. The summed E-state index contributed by atoms with van der Waals surface area (Å²) < 4.78 is 71.0. The van der Waals surface area contributed by atoms with Crippen molar-refractivity contribution in [3.63, 3.8) is 0 Å². The molecule has 2 fully saturated rings. The summed E-state index contributed by atoms with van der Waals surface area (Å²) in [5, 5.41) is 13.2. The van der Waals surface area contributed by atoms with Gasteiger partial charge < -0.3 is 19.3 Å². The van der Waals surface area contributed by atoms with Crippen molar-refractivity contribution in [2.75, 3.05) is 20.3 Å². The summed E-state index contributed by atoms with van der Waals surface area (Å²) in [5.74, 6) is -0.253. The van der Waals surface area contributed by atoms with Crippen molar-refractivity contribution in [2.45, 2.75) is 37.1 Å². The SMILES string of the molecule is COc1cc(-c2cnc3cc(C4(F)COC4)ccn23)cc(OC(F)F)c1C(O)N[C@@H]1C[C@@H]1F. The Morgan fingerprint density at radius 3 is 2.61 bits per heavy atom. The third-order valence-corrected chi connectivity index (χ3v) is 5.89. The molecule has 0 radical (unpaired) electrons. The fourth-order valence-electron chi connectivity index (χ4n) is 3.92. The third-order valence-electron chi connectivity index (χ3n) is 5.89. The van der Waals surface area contributed by atoms with Gasteiger partial charge in [-0.3, -0.25) is 9.72 Å². The van der Waals surface area contributed by atoms with E-state index in [4.69, 9.17) is 9.47 Å². The van der Waals surface area contributed by atoms with Crippen LogP contribution in [0, 0.1) is 0 Å². The zero-order valence-electron chi connectivity index (χ0n) is 17.5. The molecular formula is C22H21F4N3O4. The maximum Gasteiger partial charge on any atom is 0.387 e. The third kappa shape index (κ3) is 4.00. The number of imidazole rings is 1. The van der Waals surface area contributed by atoms with Crippen LogP contribution < -0.4 is 14.8 Å². The number of halogens is 4. The Balaban J connectivity index is 1.55. The van der Waals surface area contributed by atoms with E-state index < -0.39 is 30.7 Å². The molecule has 3 heterocycles. The van der Waals surface area contributed by atoms with E-state index in [-0.39, 0.29) is 36.7 Å². The van der Waals surface area contributed by atoms with Gasteiger partial charge in [-0.25, -0.2) is 13.8 Å². The second kappa shape index (κ2) is 8.15. The number of rotatable bonds is 8. The predicted octanol–water partition coefficient (Wildman–Crippen LogP) is 3.50. The van der Waals surface area contributed by atoms with Crippen molar-refractivity contribution in [3.05, 3.63) is 47.8 Å². The molecule has 0 bridgehead atoms. The van der Waals surface area contributed by atoms with Gasteiger partial charge in [0.2, 0.25) is 0 Å². The lowest BCUT2D eigenvalue weighted by atomic mass is 9.95. The molecule has 2 aliphatic rings. The molecule has 2 N–H and O–H groups in total. The summed E-state index contributed by atoms with van der Waals surface area (Å²) in [6.07, 6.45) is 0.768. The zero-order chi connectivity index (χ0) is 23.3. The fraction of sp³-hybridized carbons (Fsp3) is 0.409. The lowest BCUT2D eigenvalue weighted by Gasteiger charge is -2.34. The van der Waals surface area contributed by atoms with E-state index in [1.54, 1.807) is 22.7 Å². The topological polar surface area (TPSA) is 77.3 Å². The van der Waals surface area contributed by atoms with Crippen molar-refractivity contribution in [1.29, 1.82) is 0 Å². The molecule has 1 saturated heterocycles. The maximum atomic E-state index is 14.7. The summed E-state index contributed by atoms with van der Waals surface area (Å²) in [4.78, 5) is 4.31. The van der Waals surface area contributed by atoms with Crippen LogP contribution in [0.2, 0.25) is 0 Å². The second-order valence-corrected chi connectivity index (χ2v) is 8.14. The summed E-state index contributed by atoms with van der Waals surface area (Å²) in [6, 6.07) is 5.50. The first-order valence-electron chi connectivity index (χ1n) is 10.3.